The summed E-state index contributed by atoms with van der Waals surface area (Å²) >= 11 is 3.22. The van der Waals surface area contributed by atoms with Crippen molar-refractivity contribution in [2.75, 3.05) is 5.73 Å². The third-order valence-corrected chi connectivity index (χ3v) is 4.76. The zero-order valence-corrected chi connectivity index (χ0v) is 13.2. The molecule has 20 heavy (non-hydrogen) atoms. The number of nitrogens with zero attached hydrogens (tertiary/aromatic N) is 1. The molecule has 2 aromatic rings. The number of sulfonamides is 1. The predicted octanol–water partition coefficient (Wildman–Crippen LogP) is 2.06. The van der Waals surface area contributed by atoms with Gasteiger partial charge < -0.3 is 10.2 Å². The average Bonchev–Trinajstić information content (AvgIpc) is 2.87. The van der Waals surface area contributed by atoms with Gasteiger partial charge in [0.2, 0.25) is 15.9 Å². The van der Waals surface area contributed by atoms with Crippen LogP contribution in [0.2, 0.25) is 0 Å². The van der Waals surface area contributed by atoms with Crippen molar-refractivity contribution in [3.05, 3.63) is 40.5 Å². The number of aromatic nitrogens is 1. The van der Waals surface area contributed by atoms with E-state index in [2.05, 4.69) is 25.6 Å². The van der Waals surface area contributed by atoms with Crippen molar-refractivity contribution in [1.82, 2.24) is 9.71 Å². The van der Waals surface area contributed by atoms with E-state index in [4.69, 9.17) is 10.2 Å². The molecular formula is C12H14BrN3O3S. The summed E-state index contributed by atoms with van der Waals surface area (Å²) in [5.41, 5.74) is 6.03. The number of anilines is 1. The highest BCUT2D eigenvalue weighted by Crippen LogP contribution is 2.22. The summed E-state index contributed by atoms with van der Waals surface area (Å²) in [6.45, 7) is 1.93. The molecule has 2 rings (SSSR count). The molecule has 0 aliphatic carbocycles. The molecule has 1 aromatic carbocycles. The zero-order chi connectivity index (χ0) is 14.8. The Bertz CT molecular complexity index is 712. The van der Waals surface area contributed by atoms with Crippen LogP contribution in [0.1, 0.15) is 18.6 Å². The highest BCUT2D eigenvalue weighted by atomic mass is 79.9. The van der Waals surface area contributed by atoms with E-state index in [0.29, 0.717) is 28.2 Å². The molecule has 0 radical (unpaired) electrons. The first-order valence-corrected chi connectivity index (χ1v) is 8.18. The molecule has 0 bridgehead atoms. The van der Waals surface area contributed by atoms with Crippen molar-refractivity contribution in [2.24, 2.45) is 0 Å². The summed E-state index contributed by atoms with van der Waals surface area (Å²) in [5, 5.41) is 0. The van der Waals surface area contributed by atoms with E-state index in [-0.39, 0.29) is 11.4 Å². The normalized spacial score (nSPS) is 11.7. The summed E-state index contributed by atoms with van der Waals surface area (Å²) in [7, 11) is -3.65. The maximum absolute atomic E-state index is 12.1. The lowest BCUT2D eigenvalue weighted by Crippen LogP contribution is -2.23. The molecule has 0 aliphatic rings. The number of hydrogen-bond acceptors (Lipinski definition) is 5. The first-order valence-electron chi connectivity index (χ1n) is 5.90. The van der Waals surface area contributed by atoms with Crippen LogP contribution in [-0.4, -0.2) is 13.4 Å². The fraction of sp³-hybridized carbons (Fsp3) is 0.250. The largest absolute Gasteiger partial charge is 0.444 e. The number of hydrogen-bond donors (Lipinski definition) is 2. The van der Waals surface area contributed by atoms with Crippen LogP contribution in [0.3, 0.4) is 0 Å². The number of rotatable bonds is 5. The van der Waals surface area contributed by atoms with Crippen LogP contribution in [0.5, 0.6) is 0 Å². The summed E-state index contributed by atoms with van der Waals surface area (Å²) < 4.78 is 32.6. The van der Waals surface area contributed by atoms with Gasteiger partial charge in [0.1, 0.15) is 5.76 Å². The predicted molar refractivity (Wildman–Crippen MR) is 78.5 cm³/mol. The number of nitrogens with one attached hydrogen (secondary N) is 1. The van der Waals surface area contributed by atoms with Gasteiger partial charge in [0.15, 0.2) is 0 Å². The van der Waals surface area contributed by atoms with Gasteiger partial charge in [0.25, 0.3) is 0 Å². The Morgan fingerprint density at radius 3 is 2.80 bits per heavy atom. The third-order valence-electron chi connectivity index (χ3n) is 2.64. The number of nitrogen functional groups attached to an aromatic ring is 1. The Hall–Kier alpha value is -1.38. The maximum Gasteiger partial charge on any atom is 0.241 e. The molecule has 8 heteroatoms. The molecule has 3 N–H and O–H groups in total. The van der Waals surface area contributed by atoms with Gasteiger partial charge in [0.05, 0.1) is 17.6 Å². The molecule has 0 amide bonds. The van der Waals surface area contributed by atoms with Gasteiger partial charge in [-0.3, -0.25) is 0 Å². The molecule has 6 nitrogen and oxygen atoms in total. The Morgan fingerprint density at radius 2 is 2.20 bits per heavy atom. The van der Waals surface area contributed by atoms with Crippen LogP contribution in [0.15, 0.2) is 38.2 Å². The first kappa shape index (κ1) is 15.0. The second-order valence-corrected chi connectivity index (χ2v) is 6.70. The van der Waals surface area contributed by atoms with E-state index in [1.54, 1.807) is 12.3 Å². The van der Waals surface area contributed by atoms with Crippen molar-refractivity contribution in [3.8, 4) is 0 Å². The van der Waals surface area contributed by atoms with Gasteiger partial charge in [-0.1, -0.05) is 6.92 Å². The molecule has 0 atom stereocenters. The summed E-state index contributed by atoms with van der Waals surface area (Å²) in [5.74, 6) is 1.04. The van der Waals surface area contributed by atoms with Crippen LogP contribution in [0, 0.1) is 0 Å². The second kappa shape index (κ2) is 5.94. The fourth-order valence-corrected chi connectivity index (χ4v) is 2.78. The molecule has 0 unspecified atom stereocenters. The summed E-state index contributed by atoms with van der Waals surface area (Å²) in [4.78, 5) is 4.09. The van der Waals surface area contributed by atoms with Crippen LogP contribution in [0.25, 0.3) is 0 Å². The van der Waals surface area contributed by atoms with Gasteiger partial charge in [-0.05, 0) is 34.1 Å². The number of nitrogens with two attached hydrogens (primary N) is 1. The lowest BCUT2D eigenvalue weighted by atomic mass is 10.3. The van der Waals surface area contributed by atoms with Crippen LogP contribution in [0.4, 0.5) is 5.69 Å². The summed E-state index contributed by atoms with van der Waals surface area (Å²) in [6.07, 6.45) is 2.30. The molecule has 0 fully saturated rings. The van der Waals surface area contributed by atoms with Crippen molar-refractivity contribution in [3.63, 3.8) is 0 Å². The highest BCUT2D eigenvalue weighted by Gasteiger charge is 2.16. The van der Waals surface area contributed by atoms with Gasteiger partial charge in [0, 0.05) is 16.6 Å². The molecular weight excluding hydrogens is 346 g/mol. The highest BCUT2D eigenvalue weighted by molar-refractivity contribution is 9.10. The number of benzene rings is 1. The number of aryl methyl sites for hydroxylation is 1. The lowest BCUT2D eigenvalue weighted by molar-refractivity contribution is 0.452. The fourth-order valence-electron chi connectivity index (χ4n) is 1.52. The van der Waals surface area contributed by atoms with Crippen molar-refractivity contribution in [2.45, 2.75) is 24.8 Å². The minimum atomic E-state index is -3.65. The van der Waals surface area contributed by atoms with E-state index in [1.807, 2.05) is 6.92 Å². The third kappa shape index (κ3) is 3.38. The topological polar surface area (TPSA) is 98.2 Å². The van der Waals surface area contributed by atoms with Crippen LogP contribution in [-0.2, 0) is 23.0 Å². The van der Waals surface area contributed by atoms with Crippen molar-refractivity contribution in [1.29, 1.82) is 0 Å². The second-order valence-electron chi connectivity index (χ2n) is 4.08. The quantitative estimate of drug-likeness (QED) is 0.796. The van der Waals surface area contributed by atoms with E-state index in [1.165, 1.54) is 12.1 Å². The Morgan fingerprint density at radius 1 is 1.45 bits per heavy atom. The smallest absolute Gasteiger partial charge is 0.241 e. The minimum absolute atomic E-state index is 0.00168. The minimum Gasteiger partial charge on any atom is -0.444 e. The summed E-state index contributed by atoms with van der Waals surface area (Å²) in [6, 6.07) is 4.44. The number of halogens is 1. The molecule has 0 saturated heterocycles. The van der Waals surface area contributed by atoms with Gasteiger partial charge >= 0.3 is 0 Å². The molecule has 0 saturated carbocycles. The molecule has 0 aliphatic heterocycles. The standard InChI is InChI=1S/C12H14BrN3O3S/c1-2-8-6-15-12(19-8)7-16-20(17,18)9-3-4-10(13)11(14)5-9/h3-6,16H,2,7,14H2,1H3. The zero-order valence-electron chi connectivity index (χ0n) is 10.8. The average molecular weight is 360 g/mol. The Labute approximate surface area is 125 Å². The molecule has 0 spiro atoms. The van der Waals surface area contributed by atoms with Crippen LogP contribution < -0.4 is 10.5 Å². The molecule has 1 heterocycles. The van der Waals surface area contributed by atoms with Crippen molar-refractivity contribution < 1.29 is 12.8 Å². The van der Waals surface area contributed by atoms with Crippen LogP contribution >= 0.6 is 15.9 Å². The van der Waals surface area contributed by atoms with Gasteiger partial charge in [-0.15, -0.1) is 0 Å². The van der Waals surface area contributed by atoms with E-state index >= 15 is 0 Å². The van der Waals surface area contributed by atoms with E-state index in [0.717, 1.165) is 0 Å². The monoisotopic (exact) mass is 359 g/mol. The Balaban J connectivity index is 2.12. The molecule has 108 valence electrons. The molecule has 1 aromatic heterocycles. The lowest BCUT2D eigenvalue weighted by Gasteiger charge is -2.06. The van der Waals surface area contributed by atoms with Gasteiger partial charge in [-0.25, -0.2) is 18.1 Å². The van der Waals surface area contributed by atoms with E-state index in [9.17, 15) is 8.42 Å². The Kier molecular flexibility index (Phi) is 4.46. The van der Waals surface area contributed by atoms with Crippen molar-refractivity contribution >= 4 is 31.6 Å². The van der Waals surface area contributed by atoms with E-state index < -0.39 is 10.0 Å². The number of oxazole rings is 1. The van der Waals surface area contributed by atoms with Gasteiger partial charge in [-0.2, -0.15) is 0 Å². The maximum atomic E-state index is 12.1. The SMILES string of the molecule is CCc1cnc(CNS(=O)(=O)c2ccc(Br)c(N)c2)o1. The first-order chi connectivity index (χ1) is 9.42.